The minimum absolute atomic E-state index is 0.102. The van der Waals surface area contributed by atoms with Crippen LogP contribution in [0.2, 0.25) is 0 Å². The SMILES string of the molecule is CC(C)CC(N)C(=O)Nc1ccc(N2CCCCC2)cc1. The molecule has 0 radical (unpaired) electrons. The van der Waals surface area contributed by atoms with E-state index in [0.717, 1.165) is 18.8 Å². The van der Waals surface area contributed by atoms with E-state index in [1.54, 1.807) is 0 Å². The molecule has 1 aliphatic heterocycles. The number of benzene rings is 1. The zero-order valence-electron chi connectivity index (χ0n) is 13.1. The van der Waals surface area contributed by atoms with Crippen molar-refractivity contribution in [2.24, 2.45) is 11.7 Å². The summed E-state index contributed by atoms with van der Waals surface area (Å²) in [5.74, 6) is 0.321. The van der Waals surface area contributed by atoms with Gasteiger partial charge in [0, 0.05) is 24.5 Å². The number of hydrogen-bond acceptors (Lipinski definition) is 3. The zero-order valence-corrected chi connectivity index (χ0v) is 13.1. The summed E-state index contributed by atoms with van der Waals surface area (Å²) in [7, 11) is 0. The number of hydrogen-bond donors (Lipinski definition) is 2. The molecule has 0 aliphatic carbocycles. The average Bonchev–Trinajstić information content (AvgIpc) is 2.48. The van der Waals surface area contributed by atoms with Crippen molar-refractivity contribution in [3.8, 4) is 0 Å². The normalized spacial score (nSPS) is 16.9. The van der Waals surface area contributed by atoms with Crippen LogP contribution in [-0.4, -0.2) is 25.0 Å². The van der Waals surface area contributed by atoms with Crippen molar-refractivity contribution in [2.75, 3.05) is 23.3 Å². The number of anilines is 2. The second kappa shape index (κ2) is 7.46. The molecular weight excluding hydrogens is 262 g/mol. The van der Waals surface area contributed by atoms with Gasteiger partial charge in [0.1, 0.15) is 0 Å². The lowest BCUT2D eigenvalue weighted by Crippen LogP contribution is -2.36. The molecule has 1 aromatic carbocycles. The van der Waals surface area contributed by atoms with Gasteiger partial charge >= 0.3 is 0 Å². The summed E-state index contributed by atoms with van der Waals surface area (Å²) in [5.41, 5.74) is 7.95. The Balaban J connectivity index is 1.91. The van der Waals surface area contributed by atoms with Gasteiger partial charge in [-0.25, -0.2) is 0 Å². The van der Waals surface area contributed by atoms with E-state index in [-0.39, 0.29) is 5.91 Å². The summed E-state index contributed by atoms with van der Waals surface area (Å²) in [4.78, 5) is 14.4. The molecule has 1 aromatic rings. The van der Waals surface area contributed by atoms with Crippen molar-refractivity contribution >= 4 is 17.3 Å². The minimum Gasteiger partial charge on any atom is -0.372 e. The first kappa shape index (κ1) is 15.8. The van der Waals surface area contributed by atoms with E-state index in [1.807, 2.05) is 12.1 Å². The summed E-state index contributed by atoms with van der Waals surface area (Å²) in [6.45, 7) is 6.40. The van der Waals surface area contributed by atoms with Crippen LogP contribution in [0.4, 0.5) is 11.4 Å². The number of carbonyl (C=O) groups is 1. The maximum Gasteiger partial charge on any atom is 0.241 e. The van der Waals surface area contributed by atoms with E-state index in [0.29, 0.717) is 12.3 Å². The summed E-state index contributed by atoms with van der Waals surface area (Å²) in [5, 5.41) is 2.89. The summed E-state index contributed by atoms with van der Waals surface area (Å²) < 4.78 is 0. The lowest BCUT2D eigenvalue weighted by Gasteiger charge is -2.28. The van der Waals surface area contributed by atoms with Crippen LogP contribution < -0.4 is 16.0 Å². The second-order valence-electron chi connectivity index (χ2n) is 6.32. The van der Waals surface area contributed by atoms with Crippen molar-refractivity contribution in [3.63, 3.8) is 0 Å². The van der Waals surface area contributed by atoms with Gasteiger partial charge in [0.25, 0.3) is 0 Å². The number of nitrogens with zero attached hydrogens (tertiary/aromatic N) is 1. The van der Waals surface area contributed by atoms with Crippen LogP contribution in [0.15, 0.2) is 24.3 Å². The molecule has 1 aliphatic rings. The van der Waals surface area contributed by atoms with Gasteiger partial charge in [-0.2, -0.15) is 0 Å². The Kier molecular flexibility index (Phi) is 5.62. The molecule has 2 rings (SSSR count). The van der Waals surface area contributed by atoms with E-state index in [1.165, 1.54) is 24.9 Å². The van der Waals surface area contributed by atoms with Gasteiger partial charge in [-0.15, -0.1) is 0 Å². The van der Waals surface area contributed by atoms with Gasteiger partial charge in [-0.1, -0.05) is 13.8 Å². The molecule has 0 spiro atoms. The monoisotopic (exact) mass is 289 g/mol. The van der Waals surface area contributed by atoms with Gasteiger partial charge in [0.2, 0.25) is 5.91 Å². The third-order valence-electron chi connectivity index (χ3n) is 3.92. The molecule has 1 heterocycles. The number of amides is 1. The molecule has 1 unspecified atom stereocenters. The predicted molar refractivity (Wildman–Crippen MR) is 88.6 cm³/mol. The number of nitrogens with one attached hydrogen (secondary N) is 1. The first-order valence-electron chi connectivity index (χ1n) is 7.97. The van der Waals surface area contributed by atoms with E-state index >= 15 is 0 Å². The van der Waals surface area contributed by atoms with Crippen molar-refractivity contribution < 1.29 is 4.79 Å². The highest BCUT2D eigenvalue weighted by atomic mass is 16.2. The van der Waals surface area contributed by atoms with Gasteiger partial charge in [-0.05, 0) is 55.9 Å². The molecule has 3 N–H and O–H groups in total. The fourth-order valence-corrected chi connectivity index (χ4v) is 2.76. The van der Waals surface area contributed by atoms with E-state index in [4.69, 9.17) is 5.73 Å². The summed E-state index contributed by atoms with van der Waals surface area (Å²) in [6.07, 6.45) is 4.57. The number of piperidine rings is 1. The quantitative estimate of drug-likeness (QED) is 0.876. The number of carbonyl (C=O) groups excluding carboxylic acids is 1. The molecule has 0 bridgehead atoms. The Morgan fingerprint density at radius 2 is 1.81 bits per heavy atom. The first-order chi connectivity index (χ1) is 10.1. The summed E-state index contributed by atoms with van der Waals surface area (Å²) >= 11 is 0. The Morgan fingerprint density at radius 1 is 1.19 bits per heavy atom. The van der Waals surface area contributed by atoms with Crippen molar-refractivity contribution in [1.29, 1.82) is 0 Å². The molecule has 4 nitrogen and oxygen atoms in total. The van der Waals surface area contributed by atoms with E-state index < -0.39 is 6.04 Å². The molecule has 1 amide bonds. The van der Waals surface area contributed by atoms with Crippen molar-refractivity contribution in [2.45, 2.75) is 45.6 Å². The molecule has 21 heavy (non-hydrogen) atoms. The van der Waals surface area contributed by atoms with Gasteiger partial charge in [-0.3, -0.25) is 4.79 Å². The van der Waals surface area contributed by atoms with Crippen LogP contribution in [0.1, 0.15) is 39.5 Å². The standard InChI is InChI=1S/C17H27N3O/c1-13(2)12-16(18)17(21)19-14-6-8-15(9-7-14)20-10-4-3-5-11-20/h6-9,13,16H,3-5,10-12,18H2,1-2H3,(H,19,21). The Hall–Kier alpha value is -1.55. The average molecular weight is 289 g/mol. The maximum absolute atomic E-state index is 12.0. The lowest BCUT2D eigenvalue weighted by molar-refractivity contribution is -0.117. The van der Waals surface area contributed by atoms with Gasteiger partial charge in [0.05, 0.1) is 6.04 Å². The Morgan fingerprint density at radius 3 is 2.38 bits per heavy atom. The number of nitrogens with two attached hydrogens (primary N) is 1. The van der Waals surface area contributed by atoms with Crippen molar-refractivity contribution in [1.82, 2.24) is 0 Å². The lowest BCUT2D eigenvalue weighted by atomic mass is 10.0. The minimum atomic E-state index is -0.438. The molecular formula is C17H27N3O. The predicted octanol–water partition coefficient (Wildman–Crippen LogP) is 2.99. The highest BCUT2D eigenvalue weighted by Crippen LogP contribution is 2.21. The Bertz CT molecular complexity index is 450. The smallest absolute Gasteiger partial charge is 0.241 e. The second-order valence-corrected chi connectivity index (χ2v) is 6.32. The largest absolute Gasteiger partial charge is 0.372 e. The maximum atomic E-state index is 12.0. The highest BCUT2D eigenvalue weighted by Gasteiger charge is 2.15. The van der Waals surface area contributed by atoms with Crippen LogP contribution in [0, 0.1) is 5.92 Å². The van der Waals surface area contributed by atoms with Crippen LogP contribution >= 0.6 is 0 Å². The summed E-state index contributed by atoms with van der Waals surface area (Å²) in [6, 6.07) is 7.64. The molecule has 1 saturated heterocycles. The first-order valence-corrected chi connectivity index (χ1v) is 7.97. The molecule has 1 atom stereocenters. The molecule has 1 fully saturated rings. The van der Waals surface area contributed by atoms with Crippen LogP contribution in [0.3, 0.4) is 0 Å². The van der Waals surface area contributed by atoms with Crippen LogP contribution in [0.5, 0.6) is 0 Å². The number of rotatable bonds is 5. The molecule has 4 heteroatoms. The topological polar surface area (TPSA) is 58.4 Å². The van der Waals surface area contributed by atoms with Crippen molar-refractivity contribution in [3.05, 3.63) is 24.3 Å². The fourth-order valence-electron chi connectivity index (χ4n) is 2.76. The molecule has 116 valence electrons. The van der Waals surface area contributed by atoms with E-state index in [9.17, 15) is 4.79 Å². The third kappa shape index (κ3) is 4.74. The fraction of sp³-hybridized carbons (Fsp3) is 0.588. The third-order valence-corrected chi connectivity index (χ3v) is 3.92. The van der Waals surface area contributed by atoms with Crippen LogP contribution in [0.25, 0.3) is 0 Å². The molecule has 0 saturated carbocycles. The molecule has 0 aromatic heterocycles. The Labute approximate surface area is 127 Å². The van der Waals surface area contributed by atoms with Gasteiger partial charge in [0.15, 0.2) is 0 Å². The van der Waals surface area contributed by atoms with Crippen LogP contribution in [-0.2, 0) is 4.79 Å². The van der Waals surface area contributed by atoms with Gasteiger partial charge < -0.3 is 16.0 Å². The highest BCUT2D eigenvalue weighted by molar-refractivity contribution is 5.94. The van der Waals surface area contributed by atoms with E-state index in [2.05, 4.69) is 36.2 Å². The zero-order chi connectivity index (χ0) is 15.2.